The van der Waals surface area contributed by atoms with Crippen molar-refractivity contribution >= 4 is 28.6 Å². The molecule has 130 valence electrons. The van der Waals surface area contributed by atoms with Crippen LogP contribution < -0.4 is 5.32 Å². The minimum Gasteiger partial charge on any atom is -0.347 e. The first-order valence-corrected chi connectivity index (χ1v) is 9.74. The Balaban J connectivity index is 1.63. The summed E-state index contributed by atoms with van der Waals surface area (Å²) in [5.74, 6) is -0.0600. The lowest BCUT2D eigenvalue weighted by molar-refractivity contribution is 0.0954. The lowest BCUT2D eigenvalue weighted by Gasteiger charge is -2.10. The van der Waals surface area contributed by atoms with E-state index in [0.717, 1.165) is 27.7 Å². The molecule has 3 rings (SSSR count). The molecule has 2 aromatic heterocycles. The monoisotopic (exact) mass is 371 g/mol. The van der Waals surface area contributed by atoms with Crippen LogP contribution in [0, 0.1) is 6.92 Å². The second-order valence-electron chi connectivity index (χ2n) is 6.15. The largest absolute Gasteiger partial charge is 0.347 e. The normalized spacial score (nSPS) is 11.0. The third kappa shape index (κ3) is 4.54. The van der Waals surface area contributed by atoms with Crippen LogP contribution in [0.5, 0.6) is 0 Å². The number of thiazole rings is 1. The molecule has 0 aliphatic heterocycles. The van der Waals surface area contributed by atoms with Gasteiger partial charge in [0.05, 0.1) is 10.6 Å². The SMILES string of the molecule is Cc1nc(-c2cccs2)sc1C(=O)NCc1ccc(CN(C)C)cc1. The molecule has 0 fully saturated rings. The molecule has 1 amide bonds. The van der Waals surface area contributed by atoms with E-state index in [1.54, 1.807) is 11.3 Å². The zero-order chi connectivity index (χ0) is 17.8. The van der Waals surface area contributed by atoms with Gasteiger partial charge in [-0.15, -0.1) is 22.7 Å². The van der Waals surface area contributed by atoms with E-state index in [2.05, 4.69) is 53.6 Å². The first-order valence-electron chi connectivity index (χ1n) is 8.05. The summed E-state index contributed by atoms with van der Waals surface area (Å²) in [6.07, 6.45) is 0. The molecule has 0 unspecified atom stereocenters. The van der Waals surface area contributed by atoms with E-state index in [1.807, 2.05) is 24.4 Å². The van der Waals surface area contributed by atoms with Gasteiger partial charge in [0.25, 0.3) is 5.91 Å². The maximum atomic E-state index is 12.5. The smallest absolute Gasteiger partial charge is 0.263 e. The van der Waals surface area contributed by atoms with Gasteiger partial charge in [0, 0.05) is 13.1 Å². The summed E-state index contributed by atoms with van der Waals surface area (Å²) in [4.78, 5) is 20.9. The van der Waals surface area contributed by atoms with Crippen LogP contribution in [0.1, 0.15) is 26.5 Å². The summed E-state index contributed by atoms with van der Waals surface area (Å²) in [6.45, 7) is 3.32. The number of aryl methyl sites for hydroxylation is 1. The maximum Gasteiger partial charge on any atom is 0.263 e. The van der Waals surface area contributed by atoms with E-state index in [9.17, 15) is 4.79 Å². The number of carbonyl (C=O) groups excluding carboxylic acids is 1. The lowest BCUT2D eigenvalue weighted by Crippen LogP contribution is -2.22. The van der Waals surface area contributed by atoms with Crippen LogP contribution in [-0.2, 0) is 13.1 Å². The molecule has 0 saturated heterocycles. The van der Waals surface area contributed by atoms with Gasteiger partial charge in [-0.05, 0) is 43.6 Å². The Morgan fingerprint density at radius 3 is 2.52 bits per heavy atom. The summed E-state index contributed by atoms with van der Waals surface area (Å²) < 4.78 is 0. The van der Waals surface area contributed by atoms with Gasteiger partial charge in [0.15, 0.2) is 0 Å². The van der Waals surface area contributed by atoms with Crippen molar-refractivity contribution in [3.05, 3.63) is 63.5 Å². The molecule has 1 N–H and O–H groups in total. The van der Waals surface area contributed by atoms with Crippen molar-refractivity contribution in [1.82, 2.24) is 15.2 Å². The first-order chi connectivity index (χ1) is 12.0. The van der Waals surface area contributed by atoms with Crippen molar-refractivity contribution in [2.75, 3.05) is 14.1 Å². The number of amides is 1. The molecule has 4 nitrogen and oxygen atoms in total. The highest BCUT2D eigenvalue weighted by molar-refractivity contribution is 7.22. The van der Waals surface area contributed by atoms with Crippen LogP contribution in [-0.4, -0.2) is 29.9 Å². The molecule has 25 heavy (non-hydrogen) atoms. The number of aromatic nitrogens is 1. The van der Waals surface area contributed by atoms with Crippen molar-refractivity contribution < 1.29 is 4.79 Å². The molecule has 0 radical (unpaired) electrons. The van der Waals surface area contributed by atoms with Crippen molar-refractivity contribution in [3.8, 4) is 9.88 Å². The molecule has 0 bridgehead atoms. The van der Waals surface area contributed by atoms with Crippen molar-refractivity contribution in [2.45, 2.75) is 20.0 Å². The molecule has 0 aliphatic rings. The molecule has 2 heterocycles. The number of nitrogens with zero attached hydrogens (tertiary/aromatic N) is 2. The van der Waals surface area contributed by atoms with Gasteiger partial charge >= 0.3 is 0 Å². The lowest BCUT2D eigenvalue weighted by atomic mass is 10.1. The van der Waals surface area contributed by atoms with Gasteiger partial charge in [-0.25, -0.2) is 4.98 Å². The quantitative estimate of drug-likeness (QED) is 0.707. The molecule has 0 atom stereocenters. The molecule has 1 aromatic carbocycles. The minimum absolute atomic E-state index is 0.0600. The van der Waals surface area contributed by atoms with E-state index in [4.69, 9.17) is 0 Å². The number of rotatable bonds is 6. The van der Waals surface area contributed by atoms with Crippen LogP contribution >= 0.6 is 22.7 Å². The Hall–Kier alpha value is -2.02. The van der Waals surface area contributed by atoms with Gasteiger partial charge in [-0.1, -0.05) is 30.3 Å². The molecule has 0 aliphatic carbocycles. The summed E-state index contributed by atoms with van der Waals surface area (Å²) in [6, 6.07) is 12.4. The van der Waals surface area contributed by atoms with Gasteiger partial charge in [-0.3, -0.25) is 4.79 Å². The first kappa shape index (κ1) is 17.8. The highest BCUT2D eigenvalue weighted by Gasteiger charge is 2.16. The fraction of sp³-hybridized carbons (Fsp3) is 0.263. The Kier molecular flexibility index (Phi) is 5.63. The van der Waals surface area contributed by atoms with Crippen LogP contribution in [0.3, 0.4) is 0 Å². The molecule has 3 aromatic rings. The standard InChI is InChI=1S/C19H21N3OS2/c1-13-17(25-19(21-13)16-5-4-10-24-16)18(23)20-11-14-6-8-15(9-7-14)12-22(2)3/h4-10H,11-12H2,1-3H3,(H,20,23). The maximum absolute atomic E-state index is 12.5. The van der Waals surface area contributed by atoms with E-state index in [-0.39, 0.29) is 5.91 Å². The molecule has 6 heteroatoms. The molecule has 0 spiro atoms. The van der Waals surface area contributed by atoms with E-state index >= 15 is 0 Å². The van der Waals surface area contributed by atoms with E-state index in [0.29, 0.717) is 11.4 Å². The second kappa shape index (κ2) is 7.91. The van der Waals surface area contributed by atoms with E-state index < -0.39 is 0 Å². The zero-order valence-corrected chi connectivity index (χ0v) is 16.2. The second-order valence-corrected chi connectivity index (χ2v) is 8.09. The fourth-order valence-corrected chi connectivity index (χ4v) is 4.28. The van der Waals surface area contributed by atoms with Gasteiger partial charge < -0.3 is 10.2 Å². The van der Waals surface area contributed by atoms with Crippen LogP contribution in [0.25, 0.3) is 9.88 Å². The van der Waals surface area contributed by atoms with Crippen LogP contribution in [0.2, 0.25) is 0 Å². The Bertz CT molecular complexity index is 836. The molecular formula is C19H21N3OS2. The van der Waals surface area contributed by atoms with Gasteiger partial charge in [0.1, 0.15) is 9.88 Å². The average Bonchev–Trinajstić information content (AvgIpc) is 3.23. The predicted molar refractivity (Wildman–Crippen MR) is 105 cm³/mol. The van der Waals surface area contributed by atoms with Crippen molar-refractivity contribution in [3.63, 3.8) is 0 Å². The highest BCUT2D eigenvalue weighted by atomic mass is 32.1. The Morgan fingerprint density at radius 2 is 1.88 bits per heavy atom. The molecule has 0 saturated carbocycles. The summed E-state index contributed by atoms with van der Waals surface area (Å²) in [7, 11) is 4.10. The average molecular weight is 372 g/mol. The number of thiophene rings is 1. The third-order valence-electron chi connectivity index (χ3n) is 3.71. The van der Waals surface area contributed by atoms with Crippen LogP contribution in [0.15, 0.2) is 41.8 Å². The Labute approximate surface area is 156 Å². The fourth-order valence-electron chi connectivity index (χ4n) is 2.50. The number of nitrogens with one attached hydrogen (secondary N) is 1. The Morgan fingerprint density at radius 1 is 1.16 bits per heavy atom. The van der Waals surface area contributed by atoms with Crippen molar-refractivity contribution in [2.24, 2.45) is 0 Å². The highest BCUT2D eigenvalue weighted by Crippen LogP contribution is 2.31. The minimum atomic E-state index is -0.0600. The summed E-state index contributed by atoms with van der Waals surface area (Å²) >= 11 is 3.09. The van der Waals surface area contributed by atoms with Gasteiger partial charge in [-0.2, -0.15) is 0 Å². The van der Waals surface area contributed by atoms with E-state index in [1.165, 1.54) is 16.9 Å². The predicted octanol–water partition coefficient (Wildman–Crippen LogP) is 4.17. The summed E-state index contributed by atoms with van der Waals surface area (Å²) in [5, 5.41) is 5.93. The van der Waals surface area contributed by atoms with Crippen LogP contribution in [0.4, 0.5) is 0 Å². The topological polar surface area (TPSA) is 45.2 Å². The van der Waals surface area contributed by atoms with Gasteiger partial charge in [0.2, 0.25) is 0 Å². The zero-order valence-electron chi connectivity index (χ0n) is 14.6. The third-order valence-corrected chi connectivity index (χ3v) is 5.90. The number of carbonyl (C=O) groups is 1. The summed E-state index contributed by atoms with van der Waals surface area (Å²) in [5.41, 5.74) is 3.14. The van der Waals surface area contributed by atoms with Crippen molar-refractivity contribution in [1.29, 1.82) is 0 Å². The number of hydrogen-bond donors (Lipinski definition) is 1. The molecular weight excluding hydrogens is 350 g/mol. The number of benzene rings is 1. The number of hydrogen-bond acceptors (Lipinski definition) is 5.